The highest BCUT2D eigenvalue weighted by atomic mass is 35.5. The molecule has 7 heteroatoms. The molecule has 1 aromatic rings. The second-order valence-corrected chi connectivity index (χ2v) is 8.12. The number of nitrogens with two attached hydrogens (primary N) is 1. The summed E-state index contributed by atoms with van der Waals surface area (Å²) in [7, 11) is 0. The number of halogens is 1. The summed E-state index contributed by atoms with van der Waals surface area (Å²) in [6.45, 7) is 0.953. The van der Waals surface area contributed by atoms with Crippen LogP contribution < -0.4 is 21.1 Å². The number of hydrogen-bond acceptors (Lipinski definition) is 4. The molecule has 29 heavy (non-hydrogen) atoms. The predicted octanol–water partition coefficient (Wildman–Crippen LogP) is 3.64. The molecule has 0 unspecified atom stereocenters. The molecule has 0 radical (unpaired) electrons. The van der Waals surface area contributed by atoms with Gasteiger partial charge in [-0.3, -0.25) is 9.59 Å². The molecule has 2 fully saturated rings. The van der Waals surface area contributed by atoms with Gasteiger partial charge in [0.25, 0.3) is 0 Å². The van der Waals surface area contributed by atoms with E-state index in [9.17, 15) is 9.59 Å². The van der Waals surface area contributed by atoms with E-state index in [0.29, 0.717) is 25.5 Å². The van der Waals surface area contributed by atoms with Gasteiger partial charge < -0.3 is 21.1 Å². The Morgan fingerprint density at radius 3 is 2.28 bits per heavy atom. The molecule has 3 rings (SSSR count). The van der Waals surface area contributed by atoms with Gasteiger partial charge in [-0.1, -0.05) is 12.8 Å². The van der Waals surface area contributed by atoms with Crippen molar-refractivity contribution < 1.29 is 14.3 Å². The van der Waals surface area contributed by atoms with Crippen molar-refractivity contribution in [1.82, 2.24) is 5.32 Å². The van der Waals surface area contributed by atoms with Crippen LogP contribution in [0.5, 0.6) is 5.75 Å². The molecule has 0 aromatic heterocycles. The zero-order valence-corrected chi connectivity index (χ0v) is 17.8. The van der Waals surface area contributed by atoms with Gasteiger partial charge in [-0.05, 0) is 68.7 Å². The Bertz CT molecular complexity index is 639. The van der Waals surface area contributed by atoms with Crippen LogP contribution in [0.2, 0.25) is 0 Å². The standard InChI is InChI=1S/C22H33N3O3.ClH/c23-13-14-28-20-11-9-19(10-12-20)25-22(27)17-5-7-18(8-6-17)24-21(26)15-16-3-1-2-4-16;/h9-12,16-18H,1-8,13-15,23H2,(H,24,26)(H,25,27);1H. The van der Waals surface area contributed by atoms with E-state index in [2.05, 4.69) is 10.6 Å². The smallest absolute Gasteiger partial charge is 0.227 e. The van der Waals surface area contributed by atoms with E-state index in [0.717, 1.165) is 37.1 Å². The third kappa shape index (κ3) is 7.52. The number of benzene rings is 1. The van der Waals surface area contributed by atoms with E-state index in [1.165, 1.54) is 25.7 Å². The minimum Gasteiger partial charge on any atom is -0.492 e. The van der Waals surface area contributed by atoms with Crippen molar-refractivity contribution in [3.8, 4) is 5.75 Å². The number of carbonyl (C=O) groups excluding carboxylic acids is 2. The second-order valence-electron chi connectivity index (χ2n) is 8.12. The molecule has 2 saturated carbocycles. The van der Waals surface area contributed by atoms with Crippen molar-refractivity contribution in [1.29, 1.82) is 0 Å². The van der Waals surface area contributed by atoms with E-state index < -0.39 is 0 Å². The SMILES string of the molecule is Cl.NCCOc1ccc(NC(=O)C2CCC(NC(=O)CC3CCCC3)CC2)cc1. The van der Waals surface area contributed by atoms with Crippen molar-refractivity contribution in [3.63, 3.8) is 0 Å². The fourth-order valence-electron chi connectivity index (χ4n) is 4.32. The Hall–Kier alpha value is -1.79. The lowest BCUT2D eigenvalue weighted by Gasteiger charge is -2.28. The topological polar surface area (TPSA) is 93.4 Å². The number of rotatable bonds is 8. The minimum absolute atomic E-state index is 0. The highest BCUT2D eigenvalue weighted by Gasteiger charge is 2.28. The van der Waals surface area contributed by atoms with Crippen molar-refractivity contribution in [3.05, 3.63) is 24.3 Å². The van der Waals surface area contributed by atoms with Crippen LogP contribution in [-0.2, 0) is 9.59 Å². The summed E-state index contributed by atoms with van der Waals surface area (Å²) in [5.41, 5.74) is 6.20. The minimum atomic E-state index is 0. The molecule has 0 saturated heterocycles. The fourth-order valence-corrected chi connectivity index (χ4v) is 4.32. The molecule has 6 nitrogen and oxygen atoms in total. The van der Waals surface area contributed by atoms with Crippen molar-refractivity contribution >= 4 is 29.9 Å². The van der Waals surface area contributed by atoms with Crippen LogP contribution >= 0.6 is 12.4 Å². The molecule has 0 spiro atoms. The van der Waals surface area contributed by atoms with Gasteiger partial charge in [0.1, 0.15) is 12.4 Å². The molecule has 2 aliphatic carbocycles. The first kappa shape index (κ1) is 23.5. The Kier molecular flexibility index (Phi) is 9.74. The van der Waals surface area contributed by atoms with E-state index in [-0.39, 0.29) is 36.2 Å². The molecule has 0 heterocycles. The molecular weight excluding hydrogens is 390 g/mol. The summed E-state index contributed by atoms with van der Waals surface area (Å²) in [4.78, 5) is 24.7. The van der Waals surface area contributed by atoms with Gasteiger partial charge >= 0.3 is 0 Å². The Labute approximate surface area is 179 Å². The maximum atomic E-state index is 12.5. The summed E-state index contributed by atoms with van der Waals surface area (Å²) < 4.78 is 5.44. The maximum absolute atomic E-state index is 12.5. The Balaban J connectivity index is 0.00000300. The van der Waals surface area contributed by atoms with E-state index in [4.69, 9.17) is 10.5 Å². The number of carbonyl (C=O) groups is 2. The van der Waals surface area contributed by atoms with E-state index >= 15 is 0 Å². The van der Waals surface area contributed by atoms with Crippen molar-refractivity contribution in [2.75, 3.05) is 18.5 Å². The van der Waals surface area contributed by atoms with Gasteiger partial charge in [-0.25, -0.2) is 0 Å². The maximum Gasteiger partial charge on any atom is 0.227 e. The molecule has 2 amide bonds. The summed E-state index contributed by atoms with van der Waals surface area (Å²) in [5.74, 6) is 1.59. The van der Waals surface area contributed by atoms with Gasteiger partial charge in [0, 0.05) is 30.6 Å². The third-order valence-corrected chi connectivity index (χ3v) is 5.92. The highest BCUT2D eigenvalue weighted by molar-refractivity contribution is 5.92. The zero-order valence-electron chi connectivity index (χ0n) is 17.0. The van der Waals surface area contributed by atoms with Gasteiger partial charge in [0.15, 0.2) is 0 Å². The fraction of sp³-hybridized carbons (Fsp3) is 0.636. The number of anilines is 1. The first-order valence-electron chi connectivity index (χ1n) is 10.7. The van der Waals surface area contributed by atoms with Gasteiger partial charge in [-0.15, -0.1) is 12.4 Å². The van der Waals surface area contributed by atoms with Crippen molar-refractivity contribution in [2.24, 2.45) is 17.6 Å². The molecule has 0 aliphatic heterocycles. The normalized spacial score (nSPS) is 21.8. The third-order valence-electron chi connectivity index (χ3n) is 5.92. The molecule has 162 valence electrons. The average molecular weight is 424 g/mol. The average Bonchev–Trinajstić information content (AvgIpc) is 3.21. The van der Waals surface area contributed by atoms with Crippen LogP contribution in [0.15, 0.2) is 24.3 Å². The number of amides is 2. The summed E-state index contributed by atoms with van der Waals surface area (Å²) in [6, 6.07) is 7.58. The van der Waals surface area contributed by atoms with Crippen LogP contribution in [-0.4, -0.2) is 31.0 Å². The lowest BCUT2D eigenvalue weighted by atomic mass is 9.85. The first-order valence-corrected chi connectivity index (χ1v) is 10.7. The van der Waals surface area contributed by atoms with Crippen LogP contribution in [0.4, 0.5) is 5.69 Å². The van der Waals surface area contributed by atoms with Gasteiger partial charge in [-0.2, -0.15) is 0 Å². The monoisotopic (exact) mass is 423 g/mol. The van der Waals surface area contributed by atoms with Crippen LogP contribution in [0.3, 0.4) is 0 Å². The Morgan fingerprint density at radius 2 is 1.66 bits per heavy atom. The molecule has 4 N–H and O–H groups in total. The van der Waals surface area contributed by atoms with Crippen LogP contribution in [0, 0.1) is 11.8 Å². The molecule has 0 bridgehead atoms. The second kappa shape index (κ2) is 12.0. The van der Waals surface area contributed by atoms with Crippen molar-refractivity contribution in [2.45, 2.75) is 63.8 Å². The van der Waals surface area contributed by atoms with Gasteiger partial charge in [0.05, 0.1) is 0 Å². The van der Waals surface area contributed by atoms with Crippen LogP contribution in [0.1, 0.15) is 57.8 Å². The number of hydrogen-bond donors (Lipinski definition) is 3. The Morgan fingerprint density at radius 1 is 1.00 bits per heavy atom. The first-order chi connectivity index (χ1) is 13.6. The summed E-state index contributed by atoms with van der Waals surface area (Å²) >= 11 is 0. The predicted molar refractivity (Wildman–Crippen MR) is 117 cm³/mol. The number of nitrogens with one attached hydrogen (secondary N) is 2. The molecular formula is C22H34ClN3O3. The molecule has 2 aliphatic rings. The molecule has 0 atom stereocenters. The lowest BCUT2D eigenvalue weighted by molar-refractivity contribution is -0.123. The van der Waals surface area contributed by atoms with Crippen LogP contribution in [0.25, 0.3) is 0 Å². The largest absolute Gasteiger partial charge is 0.492 e. The van der Waals surface area contributed by atoms with E-state index in [1.807, 2.05) is 24.3 Å². The van der Waals surface area contributed by atoms with E-state index in [1.54, 1.807) is 0 Å². The van der Waals surface area contributed by atoms with Gasteiger partial charge in [0.2, 0.25) is 11.8 Å². The summed E-state index contributed by atoms with van der Waals surface area (Å²) in [5, 5.41) is 6.18. The summed E-state index contributed by atoms with van der Waals surface area (Å²) in [6.07, 6.45) is 8.98. The number of ether oxygens (including phenoxy) is 1. The molecule has 1 aromatic carbocycles. The quantitative estimate of drug-likeness (QED) is 0.595. The zero-order chi connectivity index (χ0) is 19.8. The highest BCUT2D eigenvalue weighted by Crippen LogP contribution is 2.29. The lowest BCUT2D eigenvalue weighted by Crippen LogP contribution is -2.40.